The SMILES string of the molecule is CONC(=O)c1cccc(-c2nc(C)cs2)c1. The molecular weight excluding hydrogens is 236 g/mol. The summed E-state index contributed by atoms with van der Waals surface area (Å²) >= 11 is 1.56. The van der Waals surface area contributed by atoms with Crippen molar-refractivity contribution in [2.45, 2.75) is 6.92 Å². The second-order valence-corrected chi connectivity index (χ2v) is 4.37. The first kappa shape index (κ1) is 11.8. The summed E-state index contributed by atoms with van der Waals surface area (Å²) in [6, 6.07) is 7.30. The van der Waals surface area contributed by atoms with Gasteiger partial charge in [-0.25, -0.2) is 10.5 Å². The number of benzene rings is 1. The fourth-order valence-corrected chi connectivity index (χ4v) is 2.23. The monoisotopic (exact) mass is 248 g/mol. The first-order valence-electron chi connectivity index (χ1n) is 5.06. The van der Waals surface area contributed by atoms with Crippen LogP contribution in [0.3, 0.4) is 0 Å². The van der Waals surface area contributed by atoms with E-state index in [4.69, 9.17) is 0 Å². The highest BCUT2D eigenvalue weighted by Crippen LogP contribution is 2.24. The van der Waals surface area contributed by atoms with Gasteiger partial charge in [0.05, 0.1) is 7.11 Å². The van der Waals surface area contributed by atoms with Crippen LogP contribution in [0.5, 0.6) is 0 Å². The van der Waals surface area contributed by atoms with E-state index in [0.717, 1.165) is 16.3 Å². The number of nitrogens with one attached hydrogen (secondary N) is 1. The molecule has 0 unspecified atom stereocenters. The molecule has 0 fully saturated rings. The van der Waals surface area contributed by atoms with E-state index in [9.17, 15) is 4.79 Å². The summed E-state index contributed by atoms with van der Waals surface area (Å²) in [6.07, 6.45) is 0. The molecule has 0 aliphatic carbocycles. The molecule has 1 aromatic carbocycles. The van der Waals surface area contributed by atoms with Gasteiger partial charge in [0.15, 0.2) is 0 Å². The van der Waals surface area contributed by atoms with Crippen LogP contribution >= 0.6 is 11.3 Å². The van der Waals surface area contributed by atoms with E-state index in [1.807, 2.05) is 24.4 Å². The maximum absolute atomic E-state index is 11.6. The number of nitrogens with zero attached hydrogens (tertiary/aromatic N) is 1. The zero-order chi connectivity index (χ0) is 12.3. The first-order chi connectivity index (χ1) is 8.20. The molecule has 1 amide bonds. The van der Waals surface area contributed by atoms with Gasteiger partial charge >= 0.3 is 0 Å². The number of thiazole rings is 1. The average molecular weight is 248 g/mol. The Morgan fingerprint density at radius 1 is 1.47 bits per heavy atom. The van der Waals surface area contributed by atoms with Crippen molar-refractivity contribution in [1.82, 2.24) is 10.5 Å². The topological polar surface area (TPSA) is 51.2 Å². The van der Waals surface area contributed by atoms with Gasteiger partial charge in [-0.1, -0.05) is 12.1 Å². The number of amides is 1. The van der Waals surface area contributed by atoms with Gasteiger partial charge in [-0.05, 0) is 19.1 Å². The zero-order valence-electron chi connectivity index (χ0n) is 9.56. The maximum atomic E-state index is 11.6. The molecule has 17 heavy (non-hydrogen) atoms. The summed E-state index contributed by atoms with van der Waals surface area (Å²) < 4.78 is 0. The molecule has 1 heterocycles. The summed E-state index contributed by atoms with van der Waals surface area (Å²) in [5.41, 5.74) is 4.76. The van der Waals surface area contributed by atoms with Crippen LogP contribution in [0.15, 0.2) is 29.6 Å². The Bertz CT molecular complexity index is 537. The van der Waals surface area contributed by atoms with E-state index in [1.54, 1.807) is 23.5 Å². The van der Waals surface area contributed by atoms with Gasteiger partial charge in [-0.3, -0.25) is 9.63 Å². The minimum atomic E-state index is -0.261. The molecule has 1 aromatic heterocycles. The third-order valence-corrected chi connectivity index (χ3v) is 3.19. The molecule has 4 nitrogen and oxygen atoms in total. The molecule has 2 rings (SSSR count). The van der Waals surface area contributed by atoms with E-state index in [2.05, 4.69) is 15.3 Å². The van der Waals surface area contributed by atoms with Crippen LogP contribution in [0.1, 0.15) is 16.1 Å². The summed E-state index contributed by atoms with van der Waals surface area (Å²) in [6.45, 7) is 1.95. The van der Waals surface area contributed by atoms with Gasteiger partial charge in [0.2, 0.25) is 0 Å². The third-order valence-electron chi connectivity index (χ3n) is 2.19. The second kappa shape index (κ2) is 5.07. The van der Waals surface area contributed by atoms with Gasteiger partial charge in [0, 0.05) is 22.2 Å². The van der Waals surface area contributed by atoms with Crippen LogP contribution in [0.25, 0.3) is 10.6 Å². The van der Waals surface area contributed by atoms with Crippen molar-refractivity contribution in [3.63, 3.8) is 0 Å². The van der Waals surface area contributed by atoms with Gasteiger partial charge in [-0.2, -0.15) is 0 Å². The lowest BCUT2D eigenvalue weighted by molar-refractivity contribution is 0.0537. The highest BCUT2D eigenvalue weighted by Gasteiger charge is 2.08. The van der Waals surface area contributed by atoms with Crippen molar-refractivity contribution in [2.24, 2.45) is 0 Å². The van der Waals surface area contributed by atoms with E-state index in [-0.39, 0.29) is 5.91 Å². The fraction of sp³-hybridized carbons (Fsp3) is 0.167. The molecule has 0 saturated heterocycles. The van der Waals surface area contributed by atoms with Gasteiger partial charge in [0.1, 0.15) is 5.01 Å². The standard InChI is InChI=1S/C12H12N2O2S/c1-8-7-17-12(13-8)10-5-3-4-9(6-10)11(15)14-16-2/h3-7H,1-2H3,(H,14,15). The molecule has 0 saturated carbocycles. The molecule has 1 N–H and O–H groups in total. The summed E-state index contributed by atoms with van der Waals surface area (Å²) in [7, 11) is 1.41. The number of hydrogen-bond acceptors (Lipinski definition) is 4. The smallest absolute Gasteiger partial charge is 0.274 e. The average Bonchev–Trinajstić information content (AvgIpc) is 2.76. The van der Waals surface area contributed by atoms with E-state index >= 15 is 0 Å². The summed E-state index contributed by atoms with van der Waals surface area (Å²) in [4.78, 5) is 20.6. The number of hydroxylamine groups is 1. The lowest BCUT2D eigenvalue weighted by Gasteiger charge is -2.03. The molecule has 5 heteroatoms. The normalized spacial score (nSPS) is 10.2. The number of rotatable bonds is 3. The van der Waals surface area contributed by atoms with Crippen LogP contribution in [-0.2, 0) is 4.84 Å². The van der Waals surface area contributed by atoms with Crippen molar-refractivity contribution in [1.29, 1.82) is 0 Å². The first-order valence-corrected chi connectivity index (χ1v) is 5.94. The predicted octanol–water partition coefficient (Wildman–Crippen LogP) is 2.41. The Balaban J connectivity index is 2.31. The fourth-order valence-electron chi connectivity index (χ4n) is 1.43. The number of hydrogen-bond donors (Lipinski definition) is 1. The number of carbonyl (C=O) groups is 1. The van der Waals surface area contributed by atoms with Gasteiger partial charge in [0.25, 0.3) is 5.91 Å². The zero-order valence-corrected chi connectivity index (χ0v) is 10.4. The molecule has 0 bridgehead atoms. The van der Waals surface area contributed by atoms with E-state index in [1.165, 1.54) is 7.11 Å². The number of aromatic nitrogens is 1. The third kappa shape index (κ3) is 2.69. The number of aryl methyl sites for hydroxylation is 1. The van der Waals surface area contributed by atoms with E-state index in [0.29, 0.717) is 5.56 Å². The van der Waals surface area contributed by atoms with Crippen molar-refractivity contribution < 1.29 is 9.63 Å². The molecule has 0 spiro atoms. The summed E-state index contributed by atoms with van der Waals surface area (Å²) in [5, 5.41) is 2.90. The maximum Gasteiger partial charge on any atom is 0.274 e. The second-order valence-electron chi connectivity index (χ2n) is 3.51. The highest BCUT2D eigenvalue weighted by atomic mass is 32.1. The number of carbonyl (C=O) groups excluding carboxylic acids is 1. The molecule has 0 aliphatic heterocycles. The van der Waals surface area contributed by atoms with Gasteiger partial charge < -0.3 is 0 Å². The lowest BCUT2D eigenvalue weighted by Crippen LogP contribution is -2.21. The predicted molar refractivity (Wildman–Crippen MR) is 66.8 cm³/mol. The minimum Gasteiger partial charge on any atom is -0.277 e. The van der Waals surface area contributed by atoms with Crippen molar-refractivity contribution in [3.05, 3.63) is 40.9 Å². The van der Waals surface area contributed by atoms with Crippen LogP contribution in [0.4, 0.5) is 0 Å². The van der Waals surface area contributed by atoms with Crippen LogP contribution in [-0.4, -0.2) is 18.0 Å². The molecule has 0 radical (unpaired) electrons. The van der Waals surface area contributed by atoms with Crippen molar-refractivity contribution >= 4 is 17.2 Å². The Hall–Kier alpha value is -1.72. The molecule has 0 atom stereocenters. The van der Waals surface area contributed by atoms with Crippen LogP contribution in [0, 0.1) is 6.92 Å². The molecule has 0 aliphatic rings. The Morgan fingerprint density at radius 3 is 2.94 bits per heavy atom. The largest absolute Gasteiger partial charge is 0.277 e. The van der Waals surface area contributed by atoms with Gasteiger partial charge in [-0.15, -0.1) is 11.3 Å². The Kier molecular flexibility index (Phi) is 3.51. The van der Waals surface area contributed by atoms with E-state index < -0.39 is 0 Å². The highest BCUT2D eigenvalue weighted by molar-refractivity contribution is 7.13. The molecule has 88 valence electrons. The Labute approximate surface area is 103 Å². The van der Waals surface area contributed by atoms with Crippen molar-refractivity contribution in [2.75, 3.05) is 7.11 Å². The van der Waals surface area contributed by atoms with Crippen LogP contribution in [0.2, 0.25) is 0 Å². The van der Waals surface area contributed by atoms with Crippen LogP contribution < -0.4 is 5.48 Å². The van der Waals surface area contributed by atoms with Crippen molar-refractivity contribution in [3.8, 4) is 10.6 Å². The molecular formula is C12H12N2O2S. The summed E-state index contributed by atoms with van der Waals surface area (Å²) in [5.74, 6) is -0.261. The minimum absolute atomic E-state index is 0.261. The lowest BCUT2D eigenvalue weighted by atomic mass is 10.1. The Morgan fingerprint density at radius 2 is 2.29 bits per heavy atom. The quantitative estimate of drug-likeness (QED) is 0.849. The molecule has 2 aromatic rings.